The lowest BCUT2D eigenvalue weighted by Crippen LogP contribution is -2.38. The van der Waals surface area contributed by atoms with Crippen molar-refractivity contribution in [2.24, 2.45) is 10.7 Å². The first kappa shape index (κ1) is 10.5. The van der Waals surface area contributed by atoms with Crippen LogP contribution in [0.1, 0.15) is 24.4 Å². The number of halogens is 2. The normalized spacial score (nSPS) is 24.0. The van der Waals surface area contributed by atoms with Crippen molar-refractivity contribution in [2.75, 3.05) is 6.54 Å². The molecule has 90 valence electrons. The maximum Gasteiger partial charge on any atom is 0.192 e. The zero-order chi connectivity index (χ0) is 12.0. The van der Waals surface area contributed by atoms with Crippen molar-refractivity contribution in [2.45, 2.75) is 24.9 Å². The molecular weight excluding hydrogens is 224 g/mol. The molecule has 1 aliphatic carbocycles. The molecule has 0 saturated heterocycles. The Kier molecular flexibility index (Phi) is 2.28. The summed E-state index contributed by atoms with van der Waals surface area (Å²) >= 11 is 0. The second-order valence-electron chi connectivity index (χ2n) is 4.52. The van der Waals surface area contributed by atoms with Gasteiger partial charge in [0.2, 0.25) is 0 Å². The van der Waals surface area contributed by atoms with Crippen LogP contribution in [0.3, 0.4) is 0 Å². The van der Waals surface area contributed by atoms with E-state index in [-0.39, 0.29) is 6.04 Å². The minimum absolute atomic E-state index is 0.252. The summed E-state index contributed by atoms with van der Waals surface area (Å²) in [7, 11) is 0. The van der Waals surface area contributed by atoms with Gasteiger partial charge in [0.05, 0.1) is 12.6 Å². The van der Waals surface area contributed by atoms with Crippen LogP contribution in [0.15, 0.2) is 23.2 Å². The van der Waals surface area contributed by atoms with Crippen LogP contribution in [0.5, 0.6) is 0 Å². The molecule has 0 aromatic heterocycles. The van der Waals surface area contributed by atoms with Crippen LogP contribution >= 0.6 is 0 Å². The molecule has 1 fully saturated rings. The van der Waals surface area contributed by atoms with Gasteiger partial charge in [0.15, 0.2) is 5.96 Å². The van der Waals surface area contributed by atoms with E-state index < -0.39 is 11.6 Å². The van der Waals surface area contributed by atoms with Crippen molar-refractivity contribution in [3.63, 3.8) is 0 Å². The number of hydrogen-bond donors (Lipinski definition) is 1. The molecule has 17 heavy (non-hydrogen) atoms. The largest absolute Gasteiger partial charge is 0.370 e. The topological polar surface area (TPSA) is 41.6 Å². The monoisotopic (exact) mass is 237 g/mol. The van der Waals surface area contributed by atoms with Crippen LogP contribution in [0, 0.1) is 11.6 Å². The number of rotatable bonds is 2. The van der Waals surface area contributed by atoms with Gasteiger partial charge in [-0.2, -0.15) is 0 Å². The molecule has 2 aliphatic rings. The first-order valence-corrected chi connectivity index (χ1v) is 5.70. The maximum absolute atomic E-state index is 13.7. The molecule has 0 amide bonds. The Hall–Kier alpha value is -1.65. The van der Waals surface area contributed by atoms with Gasteiger partial charge < -0.3 is 10.6 Å². The molecule has 1 saturated carbocycles. The summed E-state index contributed by atoms with van der Waals surface area (Å²) in [6.07, 6.45) is 2.09. The number of nitrogens with zero attached hydrogens (tertiary/aromatic N) is 2. The highest BCUT2D eigenvalue weighted by Crippen LogP contribution is 2.37. The summed E-state index contributed by atoms with van der Waals surface area (Å²) in [5.74, 6) is -0.379. The summed E-state index contributed by atoms with van der Waals surface area (Å²) in [6, 6.07) is 3.61. The van der Waals surface area contributed by atoms with E-state index in [1.165, 1.54) is 6.07 Å². The first-order valence-electron chi connectivity index (χ1n) is 5.70. The lowest BCUT2D eigenvalue weighted by molar-refractivity contribution is 0.328. The van der Waals surface area contributed by atoms with Crippen molar-refractivity contribution in [1.29, 1.82) is 0 Å². The summed E-state index contributed by atoms with van der Waals surface area (Å²) in [4.78, 5) is 6.05. The van der Waals surface area contributed by atoms with Crippen molar-refractivity contribution in [3.05, 3.63) is 35.4 Å². The van der Waals surface area contributed by atoms with E-state index in [0.717, 1.165) is 25.0 Å². The average Bonchev–Trinajstić information content (AvgIpc) is 3.06. The molecule has 0 radical (unpaired) electrons. The average molecular weight is 237 g/mol. The highest BCUT2D eigenvalue weighted by atomic mass is 19.1. The molecule has 0 bridgehead atoms. The molecule has 5 heteroatoms. The van der Waals surface area contributed by atoms with E-state index in [0.29, 0.717) is 24.1 Å². The molecule has 1 heterocycles. The van der Waals surface area contributed by atoms with Crippen molar-refractivity contribution in [3.8, 4) is 0 Å². The highest BCUT2D eigenvalue weighted by molar-refractivity contribution is 5.81. The Morgan fingerprint density at radius 1 is 1.29 bits per heavy atom. The third kappa shape index (κ3) is 1.75. The van der Waals surface area contributed by atoms with Crippen molar-refractivity contribution >= 4 is 5.96 Å². The smallest absolute Gasteiger partial charge is 0.192 e. The Morgan fingerprint density at radius 3 is 2.76 bits per heavy atom. The van der Waals surface area contributed by atoms with Gasteiger partial charge in [0.25, 0.3) is 0 Å². The summed E-state index contributed by atoms with van der Waals surface area (Å²) in [6.45, 7) is 0.405. The van der Waals surface area contributed by atoms with Crippen LogP contribution < -0.4 is 5.73 Å². The van der Waals surface area contributed by atoms with Crippen LogP contribution in [0.25, 0.3) is 0 Å². The number of guanidine groups is 1. The fourth-order valence-electron chi connectivity index (χ4n) is 2.32. The van der Waals surface area contributed by atoms with Gasteiger partial charge in [-0.1, -0.05) is 0 Å². The third-order valence-electron chi connectivity index (χ3n) is 3.28. The van der Waals surface area contributed by atoms with Crippen LogP contribution in [-0.4, -0.2) is 23.4 Å². The molecule has 3 rings (SSSR count). The molecule has 3 nitrogen and oxygen atoms in total. The Labute approximate surface area is 97.9 Å². The predicted octanol–water partition coefficient (Wildman–Crippen LogP) is 1.80. The summed E-state index contributed by atoms with van der Waals surface area (Å²) < 4.78 is 26.9. The zero-order valence-corrected chi connectivity index (χ0v) is 9.24. The van der Waals surface area contributed by atoms with E-state index in [4.69, 9.17) is 5.73 Å². The molecule has 1 atom stereocenters. The molecule has 1 unspecified atom stereocenters. The van der Waals surface area contributed by atoms with Gasteiger partial charge in [0.1, 0.15) is 11.6 Å². The minimum atomic E-state index is -0.428. The Balaban J connectivity index is 1.96. The Morgan fingerprint density at radius 2 is 2.06 bits per heavy atom. The second-order valence-corrected chi connectivity index (χ2v) is 4.52. The maximum atomic E-state index is 13.7. The number of benzene rings is 1. The number of aliphatic imine (C=N–C) groups is 1. The van der Waals surface area contributed by atoms with Gasteiger partial charge in [-0.15, -0.1) is 0 Å². The first-order chi connectivity index (χ1) is 8.16. The van der Waals surface area contributed by atoms with Crippen molar-refractivity contribution < 1.29 is 8.78 Å². The standard InChI is InChI=1S/C12H13F2N3/c13-7-1-4-10(14)9(5-7)11-6-16-12(15)17(11)8-2-3-8/h1,4-5,8,11H,2-3,6H2,(H2,15,16). The van der Waals surface area contributed by atoms with E-state index >= 15 is 0 Å². The summed E-state index contributed by atoms with van der Waals surface area (Å²) in [5.41, 5.74) is 6.14. The van der Waals surface area contributed by atoms with Crippen LogP contribution in [0.4, 0.5) is 8.78 Å². The number of hydrogen-bond acceptors (Lipinski definition) is 3. The van der Waals surface area contributed by atoms with Gasteiger partial charge in [0, 0.05) is 11.6 Å². The van der Waals surface area contributed by atoms with E-state index in [2.05, 4.69) is 4.99 Å². The molecule has 2 N–H and O–H groups in total. The molecule has 1 aromatic rings. The third-order valence-corrected chi connectivity index (χ3v) is 3.28. The van der Waals surface area contributed by atoms with Crippen LogP contribution in [0.2, 0.25) is 0 Å². The van der Waals surface area contributed by atoms with Gasteiger partial charge in [-0.05, 0) is 31.0 Å². The lowest BCUT2D eigenvalue weighted by Gasteiger charge is -2.26. The molecule has 0 spiro atoms. The number of nitrogens with two attached hydrogens (primary N) is 1. The van der Waals surface area contributed by atoms with Gasteiger partial charge >= 0.3 is 0 Å². The van der Waals surface area contributed by atoms with Gasteiger partial charge in [-0.3, -0.25) is 4.99 Å². The Bertz CT molecular complexity index is 483. The van der Waals surface area contributed by atoms with E-state index in [1.807, 2.05) is 4.90 Å². The SMILES string of the molecule is NC1=NCC(c2cc(F)ccc2F)N1C1CC1. The lowest BCUT2D eigenvalue weighted by atomic mass is 10.1. The fourth-order valence-corrected chi connectivity index (χ4v) is 2.32. The molecule has 1 aliphatic heterocycles. The second kappa shape index (κ2) is 3.68. The zero-order valence-electron chi connectivity index (χ0n) is 9.24. The molecule has 1 aromatic carbocycles. The summed E-state index contributed by atoms with van der Waals surface area (Å²) in [5, 5.41) is 0. The molecular formula is C12H13F2N3. The fraction of sp³-hybridized carbons (Fsp3) is 0.417. The van der Waals surface area contributed by atoms with Crippen molar-refractivity contribution in [1.82, 2.24) is 4.90 Å². The van der Waals surface area contributed by atoms with Gasteiger partial charge in [-0.25, -0.2) is 8.78 Å². The highest BCUT2D eigenvalue weighted by Gasteiger charge is 2.39. The van der Waals surface area contributed by atoms with E-state index in [1.54, 1.807) is 0 Å². The quantitative estimate of drug-likeness (QED) is 0.852. The predicted molar refractivity (Wildman–Crippen MR) is 60.4 cm³/mol. The van der Waals surface area contributed by atoms with E-state index in [9.17, 15) is 8.78 Å². The van der Waals surface area contributed by atoms with Crippen LogP contribution in [-0.2, 0) is 0 Å². The minimum Gasteiger partial charge on any atom is -0.370 e.